The minimum absolute atomic E-state index is 0.0207. The van der Waals surface area contributed by atoms with Gasteiger partial charge in [-0.3, -0.25) is 4.79 Å². The molecule has 1 atom stereocenters. The first kappa shape index (κ1) is 10.0. The van der Waals surface area contributed by atoms with Crippen LogP contribution in [0.25, 0.3) is 0 Å². The van der Waals surface area contributed by atoms with E-state index in [4.69, 9.17) is 0 Å². The lowest BCUT2D eigenvalue weighted by molar-refractivity contribution is -0.145. The van der Waals surface area contributed by atoms with Gasteiger partial charge < -0.3 is 9.57 Å². The lowest BCUT2D eigenvalue weighted by Crippen LogP contribution is -2.24. The zero-order valence-electron chi connectivity index (χ0n) is 8.08. The molecular formula is C9H15NO3. The maximum Gasteiger partial charge on any atom is 0.309 e. The molecule has 0 N–H and O–H groups in total. The number of carbonyl (C=O) groups excluding carboxylic acids is 1. The second kappa shape index (κ2) is 4.84. The average Bonchev–Trinajstić information content (AvgIpc) is 2.18. The largest absolute Gasteiger partial charge is 0.469 e. The van der Waals surface area contributed by atoms with Crippen molar-refractivity contribution < 1.29 is 14.4 Å². The molecule has 0 saturated heterocycles. The highest BCUT2D eigenvalue weighted by molar-refractivity contribution is 5.89. The van der Waals surface area contributed by atoms with E-state index < -0.39 is 0 Å². The Morgan fingerprint density at radius 1 is 1.54 bits per heavy atom. The molecule has 0 aromatic carbocycles. The maximum atomic E-state index is 11.2. The van der Waals surface area contributed by atoms with Gasteiger partial charge in [0.05, 0.1) is 18.7 Å². The van der Waals surface area contributed by atoms with Gasteiger partial charge in [-0.25, -0.2) is 0 Å². The Kier molecular flexibility index (Phi) is 3.73. The molecule has 1 unspecified atom stereocenters. The summed E-state index contributed by atoms with van der Waals surface area (Å²) in [6.45, 7) is 0. The van der Waals surface area contributed by atoms with Gasteiger partial charge in [0, 0.05) is 6.42 Å². The predicted octanol–water partition coefficient (Wildman–Crippen LogP) is 1.35. The summed E-state index contributed by atoms with van der Waals surface area (Å²) in [5.41, 5.74) is 0.962. The van der Waals surface area contributed by atoms with Gasteiger partial charge in [0.2, 0.25) is 0 Å². The first-order valence-corrected chi connectivity index (χ1v) is 4.44. The van der Waals surface area contributed by atoms with Gasteiger partial charge in [-0.2, -0.15) is 0 Å². The van der Waals surface area contributed by atoms with Crippen molar-refractivity contribution in [2.75, 3.05) is 14.2 Å². The van der Waals surface area contributed by atoms with Crippen LogP contribution in [0.5, 0.6) is 0 Å². The summed E-state index contributed by atoms with van der Waals surface area (Å²) >= 11 is 0. The SMILES string of the molecule is CO/N=C1/CCCC(C(=O)OC)C1. The van der Waals surface area contributed by atoms with Crippen LogP contribution in [0, 0.1) is 5.92 Å². The fourth-order valence-electron chi connectivity index (χ4n) is 1.62. The fraction of sp³-hybridized carbons (Fsp3) is 0.778. The highest BCUT2D eigenvalue weighted by Crippen LogP contribution is 2.23. The Morgan fingerprint density at radius 2 is 2.31 bits per heavy atom. The third kappa shape index (κ3) is 2.72. The number of hydrogen-bond donors (Lipinski definition) is 0. The summed E-state index contributed by atoms with van der Waals surface area (Å²) < 4.78 is 4.68. The number of nitrogens with zero attached hydrogens (tertiary/aromatic N) is 1. The summed E-state index contributed by atoms with van der Waals surface area (Å²) in [6.07, 6.45) is 3.50. The monoisotopic (exact) mass is 185 g/mol. The molecule has 1 aliphatic rings. The Labute approximate surface area is 77.9 Å². The number of carbonyl (C=O) groups is 1. The zero-order chi connectivity index (χ0) is 9.68. The fourth-order valence-corrected chi connectivity index (χ4v) is 1.62. The second-order valence-corrected chi connectivity index (χ2v) is 3.16. The molecule has 1 fully saturated rings. The van der Waals surface area contributed by atoms with Crippen LogP contribution in [0.15, 0.2) is 5.16 Å². The summed E-state index contributed by atoms with van der Waals surface area (Å²) in [6, 6.07) is 0. The van der Waals surface area contributed by atoms with Crippen molar-refractivity contribution in [2.24, 2.45) is 11.1 Å². The molecule has 0 spiro atoms. The second-order valence-electron chi connectivity index (χ2n) is 3.16. The number of oxime groups is 1. The molecule has 13 heavy (non-hydrogen) atoms. The van der Waals surface area contributed by atoms with E-state index in [2.05, 4.69) is 14.7 Å². The number of esters is 1. The van der Waals surface area contributed by atoms with E-state index in [0.29, 0.717) is 6.42 Å². The summed E-state index contributed by atoms with van der Waals surface area (Å²) in [5, 5.41) is 3.86. The molecule has 0 aliphatic heterocycles. The van der Waals surface area contributed by atoms with E-state index >= 15 is 0 Å². The summed E-state index contributed by atoms with van der Waals surface area (Å²) in [5.74, 6) is -0.156. The van der Waals surface area contributed by atoms with E-state index in [1.165, 1.54) is 14.2 Å². The van der Waals surface area contributed by atoms with Crippen molar-refractivity contribution in [1.82, 2.24) is 0 Å². The van der Waals surface area contributed by atoms with Crippen LogP contribution in [-0.4, -0.2) is 25.9 Å². The molecule has 0 heterocycles. The normalized spacial score (nSPS) is 25.7. The predicted molar refractivity (Wildman–Crippen MR) is 48.4 cm³/mol. The van der Waals surface area contributed by atoms with Crippen molar-refractivity contribution in [3.8, 4) is 0 Å². The molecule has 0 amide bonds. The molecule has 4 nitrogen and oxygen atoms in total. The van der Waals surface area contributed by atoms with Crippen LogP contribution in [0.3, 0.4) is 0 Å². The van der Waals surface area contributed by atoms with Crippen LogP contribution in [0.1, 0.15) is 25.7 Å². The molecule has 0 bridgehead atoms. The highest BCUT2D eigenvalue weighted by atomic mass is 16.6. The van der Waals surface area contributed by atoms with Crippen molar-refractivity contribution in [3.63, 3.8) is 0 Å². The lowest BCUT2D eigenvalue weighted by atomic mass is 9.88. The van der Waals surface area contributed by atoms with Crippen molar-refractivity contribution in [1.29, 1.82) is 0 Å². The smallest absolute Gasteiger partial charge is 0.309 e. The lowest BCUT2D eigenvalue weighted by Gasteiger charge is -2.20. The quantitative estimate of drug-likeness (QED) is 0.482. The molecule has 1 aliphatic carbocycles. The zero-order valence-corrected chi connectivity index (χ0v) is 8.08. The van der Waals surface area contributed by atoms with Crippen molar-refractivity contribution >= 4 is 11.7 Å². The van der Waals surface area contributed by atoms with E-state index in [9.17, 15) is 4.79 Å². The number of rotatable bonds is 2. The van der Waals surface area contributed by atoms with Gasteiger partial charge in [-0.05, 0) is 19.3 Å². The Hall–Kier alpha value is -1.06. The summed E-state index contributed by atoms with van der Waals surface area (Å²) in [7, 11) is 2.94. The minimum Gasteiger partial charge on any atom is -0.469 e. The van der Waals surface area contributed by atoms with E-state index in [0.717, 1.165) is 25.0 Å². The number of hydrogen-bond acceptors (Lipinski definition) is 4. The van der Waals surface area contributed by atoms with Crippen LogP contribution in [0.2, 0.25) is 0 Å². The maximum absolute atomic E-state index is 11.2. The molecule has 1 saturated carbocycles. The number of methoxy groups -OCH3 is 1. The molecule has 74 valence electrons. The van der Waals surface area contributed by atoms with Crippen LogP contribution < -0.4 is 0 Å². The Morgan fingerprint density at radius 3 is 2.92 bits per heavy atom. The Balaban J connectivity index is 2.51. The third-order valence-electron chi connectivity index (χ3n) is 2.25. The third-order valence-corrected chi connectivity index (χ3v) is 2.25. The molecule has 4 heteroatoms. The van der Waals surface area contributed by atoms with Crippen LogP contribution in [-0.2, 0) is 14.4 Å². The van der Waals surface area contributed by atoms with Crippen molar-refractivity contribution in [2.45, 2.75) is 25.7 Å². The average molecular weight is 185 g/mol. The molecule has 1 rings (SSSR count). The van der Waals surface area contributed by atoms with Gasteiger partial charge >= 0.3 is 5.97 Å². The van der Waals surface area contributed by atoms with E-state index in [1.54, 1.807) is 0 Å². The molecule has 0 radical (unpaired) electrons. The first-order chi connectivity index (χ1) is 6.27. The van der Waals surface area contributed by atoms with E-state index in [1.807, 2.05) is 0 Å². The van der Waals surface area contributed by atoms with Crippen LogP contribution >= 0.6 is 0 Å². The van der Waals surface area contributed by atoms with Gasteiger partial charge in [-0.1, -0.05) is 5.16 Å². The topological polar surface area (TPSA) is 47.9 Å². The standard InChI is InChI=1S/C9H15NO3/c1-12-9(11)7-4-3-5-8(6-7)10-13-2/h7H,3-6H2,1-2H3/b10-8-. The minimum atomic E-state index is -0.136. The highest BCUT2D eigenvalue weighted by Gasteiger charge is 2.25. The van der Waals surface area contributed by atoms with Crippen LogP contribution in [0.4, 0.5) is 0 Å². The first-order valence-electron chi connectivity index (χ1n) is 4.44. The van der Waals surface area contributed by atoms with Gasteiger partial charge in [0.1, 0.15) is 7.11 Å². The Bertz CT molecular complexity index is 213. The molecule has 0 aromatic rings. The van der Waals surface area contributed by atoms with E-state index in [-0.39, 0.29) is 11.9 Å². The van der Waals surface area contributed by atoms with Gasteiger partial charge in [0.25, 0.3) is 0 Å². The summed E-state index contributed by atoms with van der Waals surface area (Å²) in [4.78, 5) is 15.9. The van der Waals surface area contributed by atoms with Crippen molar-refractivity contribution in [3.05, 3.63) is 0 Å². The van der Waals surface area contributed by atoms with Gasteiger partial charge in [-0.15, -0.1) is 0 Å². The number of ether oxygens (including phenoxy) is 1. The molecular weight excluding hydrogens is 170 g/mol. The molecule has 0 aromatic heterocycles. The van der Waals surface area contributed by atoms with Gasteiger partial charge in [0.15, 0.2) is 0 Å².